The summed E-state index contributed by atoms with van der Waals surface area (Å²) in [4.78, 5) is 10.5. The highest BCUT2D eigenvalue weighted by Crippen LogP contribution is 2.19. The van der Waals surface area contributed by atoms with Crippen LogP contribution in [0.2, 0.25) is 0 Å². The molecule has 0 fully saturated rings. The highest BCUT2D eigenvalue weighted by atomic mass is 16.5. The molecule has 17 heavy (non-hydrogen) atoms. The lowest BCUT2D eigenvalue weighted by molar-refractivity contribution is -0.137. The van der Waals surface area contributed by atoms with Crippen LogP contribution in [-0.2, 0) is 9.53 Å². The Morgan fingerprint density at radius 3 is 2.35 bits per heavy atom. The lowest BCUT2D eigenvalue weighted by atomic mass is 9.94. The summed E-state index contributed by atoms with van der Waals surface area (Å²) in [6.45, 7) is 4.30. The van der Waals surface area contributed by atoms with E-state index in [1.807, 2.05) is 0 Å². The predicted octanol–water partition coefficient (Wildman–Crippen LogP) is 3.86. The monoisotopic (exact) mass is 244 g/mol. The number of aliphatic carboxylic acids is 1. The second-order valence-corrected chi connectivity index (χ2v) is 4.89. The van der Waals surface area contributed by atoms with E-state index >= 15 is 0 Å². The summed E-state index contributed by atoms with van der Waals surface area (Å²) in [5.41, 5.74) is 0. The van der Waals surface area contributed by atoms with Crippen molar-refractivity contribution >= 4 is 5.97 Å². The molecule has 0 bridgehead atoms. The Balaban J connectivity index is 3.69. The van der Waals surface area contributed by atoms with Gasteiger partial charge in [-0.15, -0.1) is 0 Å². The van der Waals surface area contributed by atoms with Crippen LogP contribution in [0.25, 0.3) is 0 Å². The van der Waals surface area contributed by atoms with Gasteiger partial charge in [0.25, 0.3) is 0 Å². The molecule has 1 N–H and O–H groups in total. The first kappa shape index (κ1) is 16.4. The maximum absolute atomic E-state index is 10.5. The number of hydrogen-bond donors (Lipinski definition) is 1. The molecule has 0 amide bonds. The normalized spacial score (nSPS) is 14.5. The third-order valence-corrected chi connectivity index (χ3v) is 3.34. The number of ether oxygens (including phenoxy) is 1. The topological polar surface area (TPSA) is 46.5 Å². The van der Waals surface area contributed by atoms with Crippen LogP contribution in [0.3, 0.4) is 0 Å². The smallest absolute Gasteiger partial charge is 0.303 e. The first-order valence-corrected chi connectivity index (χ1v) is 6.86. The standard InChI is InChI=1S/C14H28O3/c1-4-5-6-7-8-9-13(17-3)12(2)10-11-14(15)16/h12-13H,4-11H2,1-3H3,(H,15,16). The fourth-order valence-corrected chi connectivity index (χ4v) is 2.12. The van der Waals surface area contributed by atoms with E-state index in [1.165, 1.54) is 32.1 Å². The third-order valence-electron chi connectivity index (χ3n) is 3.34. The average molecular weight is 244 g/mol. The van der Waals surface area contributed by atoms with Gasteiger partial charge in [0, 0.05) is 13.5 Å². The summed E-state index contributed by atoms with van der Waals surface area (Å²) >= 11 is 0. The highest BCUT2D eigenvalue weighted by molar-refractivity contribution is 5.66. The molecule has 0 spiro atoms. The number of hydrogen-bond acceptors (Lipinski definition) is 2. The molecule has 0 rings (SSSR count). The fraction of sp³-hybridized carbons (Fsp3) is 0.929. The van der Waals surface area contributed by atoms with E-state index in [2.05, 4.69) is 13.8 Å². The van der Waals surface area contributed by atoms with Gasteiger partial charge in [-0.05, 0) is 18.8 Å². The van der Waals surface area contributed by atoms with Gasteiger partial charge in [0.2, 0.25) is 0 Å². The molecule has 0 aliphatic heterocycles. The molecular weight excluding hydrogens is 216 g/mol. The van der Waals surface area contributed by atoms with Crippen molar-refractivity contribution in [3.63, 3.8) is 0 Å². The van der Waals surface area contributed by atoms with Crippen molar-refractivity contribution in [3.05, 3.63) is 0 Å². The summed E-state index contributed by atoms with van der Waals surface area (Å²) in [6.07, 6.45) is 8.57. The molecule has 0 saturated carbocycles. The lowest BCUT2D eigenvalue weighted by Gasteiger charge is -2.22. The largest absolute Gasteiger partial charge is 0.481 e. The Bertz CT molecular complexity index is 192. The van der Waals surface area contributed by atoms with Crippen LogP contribution in [-0.4, -0.2) is 24.3 Å². The van der Waals surface area contributed by atoms with Crippen LogP contribution < -0.4 is 0 Å². The van der Waals surface area contributed by atoms with E-state index in [0.717, 1.165) is 6.42 Å². The van der Waals surface area contributed by atoms with E-state index in [0.29, 0.717) is 12.3 Å². The van der Waals surface area contributed by atoms with E-state index in [1.54, 1.807) is 7.11 Å². The van der Waals surface area contributed by atoms with Gasteiger partial charge < -0.3 is 9.84 Å². The van der Waals surface area contributed by atoms with Gasteiger partial charge in [0.05, 0.1) is 6.10 Å². The van der Waals surface area contributed by atoms with Crippen molar-refractivity contribution in [2.45, 2.75) is 71.3 Å². The fourth-order valence-electron chi connectivity index (χ4n) is 2.12. The van der Waals surface area contributed by atoms with Crippen LogP contribution in [0.5, 0.6) is 0 Å². The third kappa shape index (κ3) is 9.16. The van der Waals surface area contributed by atoms with Crippen molar-refractivity contribution < 1.29 is 14.6 Å². The van der Waals surface area contributed by atoms with Gasteiger partial charge in [-0.3, -0.25) is 4.79 Å². The molecule has 0 saturated heterocycles. The Kier molecular flexibility index (Phi) is 10.2. The zero-order valence-electron chi connectivity index (χ0n) is 11.6. The van der Waals surface area contributed by atoms with Gasteiger partial charge in [-0.1, -0.05) is 46.0 Å². The molecule has 0 aromatic carbocycles. The molecule has 3 heteroatoms. The van der Waals surface area contributed by atoms with Crippen LogP contribution in [0.15, 0.2) is 0 Å². The van der Waals surface area contributed by atoms with Crippen LogP contribution in [0, 0.1) is 5.92 Å². The second kappa shape index (κ2) is 10.6. The van der Waals surface area contributed by atoms with E-state index in [4.69, 9.17) is 9.84 Å². The summed E-state index contributed by atoms with van der Waals surface area (Å²) in [5.74, 6) is -0.378. The van der Waals surface area contributed by atoms with Crippen molar-refractivity contribution in [3.8, 4) is 0 Å². The zero-order chi connectivity index (χ0) is 13.1. The molecule has 0 radical (unpaired) electrons. The predicted molar refractivity (Wildman–Crippen MR) is 70.2 cm³/mol. The van der Waals surface area contributed by atoms with Crippen molar-refractivity contribution in [1.29, 1.82) is 0 Å². The maximum atomic E-state index is 10.5. The number of methoxy groups -OCH3 is 1. The Morgan fingerprint density at radius 1 is 1.18 bits per heavy atom. The van der Waals surface area contributed by atoms with E-state index in [-0.39, 0.29) is 12.5 Å². The summed E-state index contributed by atoms with van der Waals surface area (Å²) < 4.78 is 5.46. The van der Waals surface area contributed by atoms with E-state index < -0.39 is 5.97 Å². The quantitative estimate of drug-likeness (QED) is 0.561. The number of rotatable bonds is 11. The molecule has 0 aliphatic carbocycles. The molecule has 0 aromatic rings. The Hall–Kier alpha value is -0.570. The zero-order valence-corrected chi connectivity index (χ0v) is 11.6. The van der Waals surface area contributed by atoms with Crippen molar-refractivity contribution in [2.24, 2.45) is 5.92 Å². The van der Waals surface area contributed by atoms with Crippen molar-refractivity contribution in [2.75, 3.05) is 7.11 Å². The lowest BCUT2D eigenvalue weighted by Crippen LogP contribution is -2.21. The second-order valence-electron chi connectivity index (χ2n) is 4.89. The maximum Gasteiger partial charge on any atom is 0.303 e. The van der Waals surface area contributed by atoms with Gasteiger partial charge in [-0.2, -0.15) is 0 Å². The van der Waals surface area contributed by atoms with Crippen LogP contribution in [0.4, 0.5) is 0 Å². The molecular formula is C14H28O3. The first-order chi connectivity index (χ1) is 8.11. The summed E-state index contributed by atoms with van der Waals surface area (Å²) in [7, 11) is 1.73. The minimum atomic E-state index is -0.713. The van der Waals surface area contributed by atoms with Crippen LogP contribution >= 0.6 is 0 Å². The molecule has 102 valence electrons. The molecule has 0 aliphatic rings. The van der Waals surface area contributed by atoms with Gasteiger partial charge in [0.1, 0.15) is 0 Å². The van der Waals surface area contributed by atoms with Gasteiger partial charge in [-0.25, -0.2) is 0 Å². The molecule has 0 heterocycles. The molecule has 0 aromatic heterocycles. The number of carbonyl (C=O) groups is 1. The number of carboxylic acid groups (broad SMARTS) is 1. The average Bonchev–Trinajstić information content (AvgIpc) is 2.31. The molecule has 2 atom stereocenters. The minimum absolute atomic E-state index is 0.218. The van der Waals surface area contributed by atoms with Crippen molar-refractivity contribution in [1.82, 2.24) is 0 Å². The summed E-state index contributed by atoms with van der Waals surface area (Å²) in [5, 5.41) is 8.65. The van der Waals surface area contributed by atoms with Crippen LogP contribution in [0.1, 0.15) is 65.2 Å². The first-order valence-electron chi connectivity index (χ1n) is 6.86. The number of carboxylic acids is 1. The SMILES string of the molecule is CCCCCCCC(OC)C(C)CCC(=O)O. The Morgan fingerprint density at radius 2 is 1.82 bits per heavy atom. The van der Waals surface area contributed by atoms with Gasteiger partial charge in [0.15, 0.2) is 0 Å². The molecule has 3 nitrogen and oxygen atoms in total. The highest BCUT2D eigenvalue weighted by Gasteiger charge is 2.17. The summed E-state index contributed by atoms with van der Waals surface area (Å²) in [6, 6.07) is 0. The minimum Gasteiger partial charge on any atom is -0.481 e. The number of unbranched alkanes of at least 4 members (excludes halogenated alkanes) is 4. The van der Waals surface area contributed by atoms with Gasteiger partial charge >= 0.3 is 5.97 Å². The molecule has 2 unspecified atom stereocenters. The Labute approximate surface area is 106 Å². The van der Waals surface area contributed by atoms with E-state index in [9.17, 15) is 4.79 Å².